The Morgan fingerprint density at radius 2 is 1.56 bits per heavy atom. The molecule has 2 fully saturated rings. The summed E-state index contributed by atoms with van der Waals surface area (Å²) in [5.41, 5.74) is 3.33. The van der Waals surface area contributed by atoms with Gasteiger partial charge in [0.05, 0.1) is 0 Å². The van der Waals surface area contributed by atoms with Crippen molar-refractivity contribution in [2.24, 2.45) is 17.8 Å². The summed E-state index contributed by atoms with van der Waals surface area (Å²) < 4.78 is 0. The molecule has 2 atom stereocenters. The highest BCUT2D eigenvalue weighted by molar-refractivity contribution is 5.46. The van der Waals surface area contributed by atoms with Gasteiger partial charge in [0.2, 0.25) is 0 Å². The van der Waals surface area contributed by atoms with Crippen molar-refractivity contribution in [2.75, 3.05) is 12.4 Å². The van der Waals surface area contributed by atoms with Crippen molar-refractivity contribution in [3.8, 4) is 0 Å². The standard InChI is InChI=1S/C17H25N/c1-12-8-15-9-13(2)11-17(15,10-12)14-4-6-16(18-3)7-5-14/h4-7,12-13,15,18H,8-11H2,1-3H3. The molecule has 98 valence electrons. The summed E-state index contributed by atoms with van der Waals surface area (Å²) in [7, 11) is 1.99. The van der Waals surface area contributed by atoms with Gasteiger partial charge in [0.15, 0.2) is 0 Å². The molecule has 0 heterocycles. The maximum atomic E-state index is 3.22. The lowest BCUT2D eigenvalue weighted by atomic mass is 9.73. The molecule has 18 heavy (non-hydrogen) atoms. The van der Waals surface area contributed by atoms with Gasteiger partial charge in [-0.1, -0.05) is 26.0 Å². The van der Waals surface area contributed by atoms with Crippen molar-refractivity contribution in [1.29, 1.82) is 0 Å². The van der Waals surface area contributed by atoms with Crippen LogP contribution in [0.15, 0.2) is 24.3 Å². The van der Waals surface area contributed by atoms with Crippen molar-refractivity contribution in [3.63, 3.8) is 0 Å². The van der Waals surface area contributed by atoms with Crippen LogP contribution in [0.5, 0.6) is 0 Å². The third kappa shape index (κ3) is 1.75. The first-order valence-electron chi connectivity index (χ1n) is 7.42. The summed E-state index contributed by atoms with van der Waals surface area (Å²) in [5, 5.41) is 3.22. The van der Waals surface area contributed by atoms with Gasteiger partial charge in [-0.05, 0) is 66.5 Å². The van der Waals surface area contributed by atoms with E-state index in [1.165, 1.54) is 31.4 Å². The lowest BCUT2D eigenvalue weighted by Crippen LogP contribution is -2.25. The minimum absolute atomic E-state index is 0.505. The van der Waals surface area contributed by atoms with E-state index in [9.17, 15) is 0 Å². The van der Waals surface area contributed by atoms with E-state index >= 15 is 0 Å². The smallest absolute Gasteiger partial charge is 0.0337 e. The molecular weight excluding hydrogens is 218 g/mol. The molecule has 0 radical (unpaired) electrons. The molecule has 0 aromatic heterocycles. The van der Waals surface area contributed by atoms with E-state index in [0.717, 1.165) is 17.8 Å². The third-order valence-electron chi connectivity index (χ3n) is 5.33. The molecule has 0 spiro atoms. The van der Waals surface area contributed by atoms with Gasteiger partial charge in [-0.3, -0.25) is 0 Å². The quantitative estimate of drug-likeness (QED) is 0.809. The molecule has 1 N–H and O–H groups in total. The molecule has 0 bridgehead atoms. The van der Waals surface area contributed by atoms with Crippen LogP contribution in [0.3, 0.4) is 0 Å². The second-order valence-corrected chi connectivity index (χ2v) is 6.77. The largest absolute Gasteiger partial charge is 0.388 e. The maximum Gasteiger partial charge on any atom is 0.0337 e. The molecule has 2 saturated carbocycles. The number of rotatable bonds is 2. The summed E-state index contributed by atoms with van der Waals surface area (Å²) in [4.78, 5) is 0. The van der Waals surface area contributed by atoms with Gasteiger partial charge in [-0.25, -0.2) is 0 Å². The second kappa shape index (κ2) is 4.29. The Morgan fingerprint density at radius 3 is 2.06 bits per heavy atom. The van der Waals surface area contributed by atoms with Gasteiger partial charge < -0.3 is 5.32 Å². The third-order valence-corrected chi connectivity index (χ3v) is 5.33. The second-order valence-electron chi connectivity index (χ2n) is 6.77. The number of benzene rings is 1. The lowest BCUT2D eigenvalue weighted by Gasteiger charge is -2.31. The molecule has 3 rings (SSSR count). The number of hydrogen-bond acceptors (Lipinski definition) is 1. The van der Waals surface area contributed by atoms with Gasteiger partial charge in [-0.2, -0.15) is 0 Å². The van der Waals surface area contributed by atoms with Crippen molar-refractivity contribution >= 4 is 5.69 Å². The van der Waals surface area contributed by atoms with Crippen LogP contribution >= 0.6 is 0 Å². The van der Waals surface area contributed by atoms with Crippen LogP contribution in [0.2, 0.25) is 0 Å². The van der Waals surface area contributed by atoms with Gasteiger partial charge in [0.1, 0.15) is 0 Å². The van der Waals surface area contributed by atoms with E-state index in [1.54, 1.807) is 5.56 Å². The summed E-state index contributed by atoms with van der Waals surface area (Å²) in [5.74, 6) is 2.75. The fraction of sp³-hybridized carbons (Fsp3) is 0.647. The molecule has 2 unspecified atom stereocenters. The molecule has 1 heteroatoms. The minimum Gasteiger partial charge on any atom is -0.388 e. The molecule has 1 aromatic rings. The van der Waals surface area contributed by atoms with Gasteiger partial charge in [-0.15, -0.1) is 0 Å². The first kappa shape index (κ1) is 12.1. The SMILES string of the molecule is CNc1ccc(C23CC(C)CC2CC(C)C3)cc1. The number of anilines is 1. The summed E-state index contributed by atoms with van der Waals surface area (Å²) in [6.45, 7) is 4.87. The Bertz CT molecular complexity index is 406. The van der Waals surface area contributed by atoms with Crippen molar-refractivity contribution in [3.05, 3.63) is 29.8 Å². The van der Waals surface area contributed by atoms with Crippen LogP contribution in [0.1, 0.15) is 45.1 Å². The van der Waals surface area contributed by atoms with Crippen LogP contribution in [-0.4, -0.2) is 7.05 Å². The Hall–Kier alpha value is -0.980. The predicted octanol–water partition coefficient (Wildman–Crippen LogP) is 4.44. The summed E-state index contributed by atoms with van der Waals surface area (Å²) in [6, 6.07) is 9.23. The van der Waals surface area contributed by atoms with Gasteiger partial charge in [0, 0.05) is 12.7 Å². The first-order chi connectivity index (χ1) is 8.64. The topological polar surface area (TPSA) is 12.0 Å². The van der Waals surface area contributed by atoms with Gasteiger partial charge in [0.25, 0.3) is 0 Å². The van der Waals surface area contributed by atoms with E-state index in [-0.39, 0.29) is 0 Å². The van der Waals surface area contributed by atoms with Crippen LogP contribution in [0.25, 0.3) is 0 Å². The highest BCUT2D eigenvalue weighted by atomic mass is 14.8. The highest BCUT2D eigenvalue weighted by Gasteiger charge is 2.51. The normalized spacial score (nSPS) is 38.7. The molecule has 0 aliphatic heterocycles. The van der Waals surface area contributed by atoms with Crippen molar-refractivity contribution in [1.82, 2.24) is 0 Å². The fourth-order valence-electron chi connectivity index (χ4n) is 4.79. The zero-order chi connectivity index (χ0) is 12.8. The average Bonchev–Trinajstić information content (AvgIpc) is 2.81. The average molecular weight is 243 g/mol. The van der Waals surface area contributed by atoms with E-state index in [4.69, 9.17) is 0 Å². The molecule has 1 aromatic carbocycles. The molecule has 1 nitrogen and oxygen atoms in total. The Labute approximate surface area is 111 Å². The number of hydrogen-bond donors (Lipinski definition) is 1. The zero-order valence-electron chi connectivity index (χ0n) is 11.9. The first-order valence-corrected chi connectivity index (χ1v) is 7.42. The van der Waals surface area contributed by atoms with Gasteiger partial charge >= 0.3 is 0 Å². The molecule has 2 aliphatic carbocycles. The predicted molar refractivity (Wildman–Crippen MR) is 78.0 cm³/mol. The number of nitrogens with one attached hydrogen (secondary N) is 1. The van der Waals surface area contributed by atoms with Crippen LogP contribution in [0.4, 0.5) is 5.69 Å². The monoisotopic (exact) mass is 243 g/mol. The fourth-order valence-corrected chi connectivity index (χ4v) is 4.79. The van der Waals surface area contributed by atoms with Crippen LogP contribution in [-0.2, 0) is 5.41 Å². The summed E-state index contributed by atoms with van der Waals surface area (Å²) >= 11 is 0. The Morgan fingerprint density at radius 1 is 1.00 bits per heavy atom. The molecule has 0 amide bonds. The van der Waals surface area contributed by atoms with E-state index in [1.807, 2.05) is 7.05 Å². The van der Waals surface area contributed by atoms with Crippen LogP contribution < -0.4 is 5.32 Å². The van der Waals surface area contributed by atoms with E-state index in [2.05, 4.69) is 43.4 Å². The van der Waals surface area contributed by atoms with Crippen molar-refractivity contribution in [2.45, 2.75) is 44.9 Å². The minimum atomic E-state index is 0.505. The Balaban J connectivity index is 1.96. The molecular formula is C17H25N. The van der Waals surface area contributed by atoms with Crippen molar-refractivity contribution < 1.29 is 0 Å². The maximum absolute atomic E-state index is 3.22. The van der Waals surface area contributed by atoms with E-state index < -0.39 is 0 Å². The zero-order valence-corrected chi connectivity index (χ0v) is 11.9. The summed E-state index contributed by atoms with van der Waals surface area (Å²) in [6.07, 6.45) is 5.69. The number of fused-ring (bicyclic) bond motifs is 1. The van der Waals surface area contributed by atoms with E-state index in [0.29, 0.717) is 5.41 Å². The molecule has 0 saturated heterocycles. The lowest BCUT2D eigenvalue weighted by molar-refractivity contribution is 0.364. The molecule has 2 aliphatic rings. The van der Waals surface area contributed by atoms with Crippen LogP contribution in [0, 0.1) is 17.8 Å². The highest BCUT2D eigenvalue weighted by Crippen LogP contribution is 2.59. The Kier molecular flexibility index (Phi) is 2.88.